The smallest absolute Gasteiger partial charge is 0.0991 e. The van der Waals surface area contributed by atoms with Gasteiger partial charge in [0.05, 0.1) is 5.03 Å². The normalized spacial score (nSPS) is 13.1. The van der Waals surface area contributed by atoms with Gasteiger partial charge in [-0.3, -0.25) is 0 Å². The highest BCUT2D eigenvalue weighted by atomic mass is 32.2. The van der Waals surface area contributed by atoms with Gasteiger partial charge in [-0.25, -0.2) is 4.98 Å². The first kappa shape index (κ1) is 13.5. The standard InChI is InChI=1S/C13H22N2S/c1-9(2)11(4)16-13-10(3)6-12(7-14-5)8-15-13/h6,8-9,11,14H,7H2,1-5H3. The maximum atomic E-state index is 4.54. The first-order valence-electron chi connectivity index (χ1n) is 5.81. The van der Waals surface area contributed by atoms with Gasteiger partial charge in [0.25, 0.3) is 0 Å². The zero-order valence-corrected chi connectivity index (χ0v) is 11.7. The second kappa shape index (κ2) is 6.26. The first-order chi connectivity index (χ1) is 7.54. The number of rotatable bonds is 5. The zero-order chi connectivity index (χ0) is 12.1. The zero-order valence-electron chi connectivity index (χ0n) is 10.9. The predicted octanol–water partition coefficient (Wildman–Crippen LogP) is 3.25. The van der Waals surface area contributed by atoms with E-state index < -0.39 is 0 Å². The molecule has 1 N–H and O–H groups in total. The van der Waals surface area contributed by atoms with Gasteiger partial charge in [-0.15, -0.1) is 11.8 Å². The van der Waals surface area contributed by atoms with Crippen molar-refractivity contribution in [2.75, 3.05) is 7.05 Å². The average molecular weight is 238 g/mol. The molecule has 0 radical (unpaired) electrons. The van der Waals surface area contributed by atoms with Crippen molar-refractivity contribution in [2.24, 2.45) is 5.92 Å². The Balaban J connectivity index is 2.75. The van der Waals surface area contributed by atoms with E-state index in [1.165, 1.54) is 16.2 Å². The molecule has 0 spiro atoms. The Labute approximate surface area is 103 Å². The molecule has 0 fully saturated rings. The minimum atomic E-state index is 0.612. The molecule has 16 heavy (non-hydrogen) atoms. The summed E-state index contributed by atoms with van der Waals surface area (Å²) >= 11 is 1.87. The Morgan fingerprint density at radius 1 is 1.38 bits per heavy atom. The van der Waals surface area contributed by atoms with Crippen LogP contribution in [0.5, 0.6) is 0 Å². The van der Waals surface area contributed by atoms with Crippen LogP contribution in [0.1, 0.15) is 31.9 Å². The fraction of sp³-hybridized carbons (Fsp3) is 0.615. The molecule has 0 bridgehead atoms. The van der Waals surface area contributed by atoms with Crippen molar-refractivity contribution in [3.8, 4) is 0 Å². The van der Waals surface area contributed by atoms with E-state index in [0.29, 0.717) is 11.2 Å². The fourth-order valence-electron chi connectivity index (χ4n) is 1.36. The highest BCUT2D eigenvalue weighted by Gasteiger charge is 2.11. The molecule has 0 aliphatic rings. The van der Waals surface area contributed by atoms with Crippen LogP contribution in [0.3, 0.4) is 0 Å². The van der Waals surface area contributed by atoms with Gasteiger partial charge in [0.1, 0.15) is 0 Å². The molecule has 0 aliphatic carbocycles. The van der Waals surface area contributed by atoms with Gasteiger partial charge in [0.15, 0.2) is 0 Å². The van der Waals surface area contributed by atoms with Gasteiger partial charge in [-0.05, 0) is 31.0 Å². The summed E-state index contributed by atoms with van der Waals surface area (Å²) in [6, 6.07) is 2.22. The molecule has 1 aromatic heterocycles. The molecule has 1 rings (SSSR count). The topological polar surface area (TPSA) is 24.9 Å². The Morgan fingerprint density at radius 3 is 2.56 bits per heavy atom. The number of aryl methyl sites for hydroxylation is 1. The highest BCUT2D eigenvalue weighted by Crippen LogP contribution is 2.28. The number of nitrogens with one attached hydrogen (secondary N) is 1. The van der Waals surface area contributed by atoms with Crippen molar-refractivity contribution in [2.45, 2.75) is 44.5 Å². The number of thioether (sulfide) groups is 1. The lowest BCUT2D eigenvalue weighted by Crippen LogP contribution is -2.08. The molecule has 0 amide bonds. The van der Waals surface area contributed by atoms with E-state index in [0.717, 1.165) is 6.54 Å². The molecule has 1 aromatic rings. The fourth-order valence-corrected chi connectivity index (χ4v) is 2.34. The van der Waals surface area contributed by atoms with E-state index in [4.69, 9.17) is 0 Å². The number of nitrogens with zero attached hydrogens (tertiary/aromatic N) is 1. The third-order valence-corrected chi connectivity index (χ3v) is 4.27. The summed E-state index contributed by atoms with van der Waals surface area (Å²) in [5, 5.41) is 4.92. The SMILES string of the molecule is CNCc1cnc(SC(C)C(C)C)c(C)c1. The van der Waals surface area contributed by atoms with Gasteiger partial charge in [-0.2, -0.15) is 0 Å². The lowest BCUT2D eigenvalue weighted by atomic mass is 10.2. The molecule has 1 heterocycles. The van der Waals surface area contributed by atoms with E-state index in [-0.39, 0.29) is 0 Å². The Morgan fingerprint density at radius 2 is 2.06 bits per heavy atom. The van der Waals surface area contributed by atoms with E-state index in [9.17, 15) is 0 Å². The summed E-state index contributed by atoms with van der Waals surface area (Å²) < 4.78 is 0. The second-order valence-electron chi connectivity index (χ2n) is 4.56. The molecular weight excluding hydrogens is 216 g/mol. The molecular formula is C13H22N2S. The van der Waals surface area contributed by atoms with Crippen LogP contribution in [0.15, 0.2) is 17.3 Å². The molecule has 0 aromatic carbocycles. The van der Waals surface area contributed by atoms with Crippen LogP contribution < -0.4 is 5.32 Å². The van der Waals surface area contributed by atoms with Crippen molar-refractivity contribution < 1.29 is 0 Å². The van der Waals surface area contributed by atoms with Crippen LogP contribution in [0.25, 0.3) is 0 Å². The number of hydrogen-bond acceptors (Lipinski definition) is 3. The van der Waals surface area contributed by atoms with Gasteiger partial charge in [0.2, 0.25) is 0 Å². The Kier molecular flexibility index (Phi) is 5.29. The quantitative estimate of drug-likeness (QED) is 0.797. The predicted molar refractivity (Wildman–Crippen MR) is 71.9 cm³/mol. The van der Waals surface area contributed by atoms with Crippen molar-refractivity contribution in [1.29, 1.82) is 0 Å². The third kappa shape index (κ3) is 3.80. The van der Waals surface area contributed by atoms with Gasteiger partial charge < -0.3 is 5.32 Å². The highest BCUT2D eigenvalue weighted by molar-refractivity contribution is 7.99. The Bertz CT molecular complexity index is 337. The molecule has 1 unspecified atom stereocenters. The molecule has 3 heteroatoms. The van der Waals surface area contributed by atoms with Gasteiger partial charge in [0, 0.05) is 18.0 Å². The van der Waals surface area contributed by atoms with Crippen LogP contribution >= 0.6 is 11.8 Å². The van der Waals surface area contributed by atoms with Crippen LogP contribution in [0, 0.1) is 12.8 Å². The maximum absolute atomic E-state index is 4.54. The summed E-state index contributed by atoms with van der Waals surface area (Å²) in [5.74, 6) is 0.684. The van der Waals surface area contributed by atoms with Crippen molar-refractivity contribution in [1.82, 2.24) is 10.3 Å². The molecule has 1 atom stereocenters. The number of hydrogen-bond donors (Lipinski definition) is 1. The summed E-state index contributed by atoms with van der Waals surface area (Å²) in [5.41, 5.74) is 2.53. The first-order valence-corrected chi connectivity index (χ1v) is 6.69. The van der Waals surface area contributed by atoms with Gasteiger partial charge >= 0.3 is 0 Å². The maximum Gasteiger partial charge on any atom is 0.0991 e. The molecule has 2 nitrogen and oxygen atoms in total. The second-order valence-corrected chi connectivity index (χ2v) is 5.93. The minimum Gasteiger partial charge on any atom is -0.316 e. The monoisotopic (exact) mass is 238 g/mol. The van der Waals surface area contributed by atoms with Crippen molar-refractivity contribution in [3.63, 3.8) is 0 Å². The average Bonchev–Trinajstić information content (AvgIpc) is 2.22. The lowest BCUT2D eigenvalue weighted by Gasteiger charge is -2.15. The van der Waals surface area contributed by atoms with E-state index in [1.54, 1.807) is 0 Å². The molecule has 0 aliphatic heterocycles. The summed E-state index contributed by atoms with van der Waals surface area (Å²) in [6.07, 6.45) is 1.97. The van der Waals surface area contributed by atoms with Gasteiger partial charge in [-0.1, -0.05) is 26.8 Å². The number of pyridine rings is 1. The lowest BCUT2D eigenvalue weighted by molar-refractivity contribution is 0.641. The molecule has 90 valence electrons. The summed E-state index contributed by atoms with van der Waals surface area (Å²) in [6.45, 7) is 9.79. The van der Waals surface area contributed by atoms with Crippen molar-refractivity contribution in [3.05, 3.63) is 23.4 Å². The number of aromatic nitrogens is 1. The summed E-state index contributed by atoms with van der Waals surface area (Å²) in [7, 11) is 1.96. The molecule has 0 saturated carbocycles. The van der Waals surface area contributed by atoms with Crippen LogP contribution in [-0.2, 0) is 6.54 Å². The van der Waals surface area contributed by atoms with Crippen LogP contribution in [0.2, 0.25) is 0 Å². The minimum absolute atomic E-state index is 0.612. The van der Waals surface area contributed by atoms with E-state index in [2.05, 4.69) is 44.1 Å². The molecule has 0 saturated heterocycles. The van der Waals surface area contributed by atoms with Crippen molar-refractivity contribution >= 4 is 11.8 Å². The Hall–Kier alpha value is -0.540. The van der Waals surface area contributed by atoms with E-state index >= 15 is 0 Å². The third-order valence-electron chi connectivity index (χ3n) is 2.70. The van der Waals surface area contributed by atoms with E-state index in [1.807, 2.05) is 25.0 Å². The van der Waals surface area contributed by atoms with Crippen LogP contribution in [-0.4, -0.2) is 17.3 Å². The van der Waals surface area contributed by atoms with Crippen LogP contribution in [0.4, 0.5) is 0 Å². The largest absolute Gasteiger partial charge is 0.316 e. The summed E-state index contributed by atoms with van der Waals surface area (Å²) in [4.78, 5) is 4.54.